The monoisotopic (exact) mass is 283 g/mol. The van der Waals surface area contributed by atoms with E-state index in [0.717, 1.165) is 0 Å². The Labute approximate surface area is 121 Å². The number of hydrogen-bond acceptors (Lipinski definition) is 6. The van der Waals surface area contributed by atoms with Gasteiger partial charge >= 0.3 is 5.97 Å². The van der Waals surface area contributed by atoms with Crippen LogP contribution in [0.2, 0.25) is 0 Å². The van der Waals surface area contributed by atoms with Crippen LogP contribution < -0.4 is 10.5 Å². The second-order valence-corrected chi connectivity index (χ2v) is 4.19. The number of rotatable bonds is 4. The molecule has 2 rings (SSSR count). The maximum absolute atomic E-state index is 11.9. The smallest absolute Gasteiger partial charge is 0.357 e. The zero-order valence-electron chi connectivity index (χ0n) is 11.4. The van der Waals surface area contributed by atoms with Crippen LogP contribution in [0.25, 0.3) is 0 Å². The van der Waals surface area contributed by atoms with Crippen molar-refractivity contribution in [3.63, 3.8) is 0 Å². The Balaban J connectivity index is 2.10. The Morgan fingerprint density at radius 1 is 1.38 bits per heavy atom. The van der Waals surface area contributed by atoms with Crippen molar-refractivity contribution in [1.29, 1.82) is 5.26 Å². The van der Waals surface area contributed by atoms with E-state index in [1.54, 1.807) is 24.3 Å². The molecule has 6 nitrogen and oxygen atoms in total. The number of nitrogen functional groups attached to an aromatic ring is 1. The fraction of sp³-hybridized carbons (Fsp3) is 0.133. The van der Waals surface area contributed by atoms with E-state index in [1.807, 2.05) is 6.07 Å². The number of hydrogen-bond donors (Lipinski definition) is 1. The van der Waals surface area contributed by atoms with Crippen molar-refractivity contribution in [2.75, 3.05) is 12.8 Å². The molecule has 0 spiro atoms. The molecule has 2 aromatic rings. The first-order valence-corrected chi connectivity index (χ1v) is 6.09. The molecule has 0 aliphatic carbocycles. The molecule has 0 bridgehead atoms. The van der Waals surface area contributed by atoms with E-state index in [9.17, 15) is 4.79 Å². The molecule has 0 saturated heterocycles. The lowest BCUT2D eigenvalue weighted by Gasteiger charge is -2.09. The first-order chi connectivity index (χ1) is 10.1. The van der Waals surface area contributed by atoms with E-state index in [-0.39, 0.29) is 12.3 Å². The molecule has 21 heavy (non-hydrogen) atoms. The number of pyridine rings is 1. The highest BCUT2D eigenvalue weighted by Crippen LogP contribution is 2.21. The average Bonchev–Trinajstić information content (AvgIpc) is 2.52. The van der Waals surface area contributed by atoms with Gasteiger partial charge in [0.25, 0.3) is 0 Å². The topological polar surface area (TPSA) is 98.2 Å². The molecule has 0 saturated carbocycles. The molecule has 0 aliphatic heterocycles. The predicted molar refractivity (Wildman–Crippen MR) is 75.5 cm³/mol. The van der Waals surface area contributed by atoms with Gasteiger partial charge in [-0.25, -0.2) is 9.78 Å². The summed E-state index contributed by atoms with van der Waals surface area (Å²) >= 11 is 0. The number of ether oxygens (including phenoxy) is 2. The molecular formula is C15H13N3O3. The van der Waals surface area contributed by atoms with Gasteiger partial charge in [0.05, 0.1) is 30.6 Å². The fourth-order valence-corrected chi connectivity index (χ4v) is 1.70. The van der Waals surface area contributed by atoms with E-state index in [4.69, 9.17) is 20.5 Å². The van der Waals surface area contributed by atoms with E-state index in [1.165, 1.54) is 19.4 Å². The highest BCUT2D eigenvalue weighted by molar-refractivity contribution is 5.87. The van der Waals surface area contributed by atoms with Gasteiger partial charge in [0.15, 0.2) is 0 Å². The predicted octanol–water partition coefficient (Wildman–Crippen LogP) is 1.90. The van der Waals surface area contributed by atoms with Gasteiger partial charge in [-0.15, -0.1) is 0 Å². The van der Waals surface area contributed by atoms with Crippen molar-refractivity contribution in [1.82, 2.24) is 4.98 Å². The number of nitriles is 1. The third-order valence-electron chi connectivity index (χ3n) is 2.76. The third kappa shape index (κ3) is 3.48. The second-order valence-electron chi connectivity index (χ2n) is 4.19. The van der Waals surface area contributed by atoms with Crippen molar-refractivity contribution in [2.45, 2.75) is 6.61 Å². The Kier molecular flexibility index (Phi) is 4.36. The number of carbonyl (C=O) groups is 1. The molecule has 0 fully saturated rings. The van der Waals surface area contributed by atoms with Crippen LogP contribution in [-0.2, 0) is 11.3 Å². The summed E-state index contributed by atoms with van der Waals surface area (Å²) in [5, 5.41) is 8.89. The first kappa shape index (κ1) is 14.3. The minimum Gasteiger partial charge on any atom is -0.496 e. The van der Waals surface area contributed by atoms with Gasteiger partial charge in [-0.2, -0.15) is 5.26 Å². The van der Waals surface area contributed by atoms with Crippen LogP contribution in [-0.4, -0.2) is 18.1 Å². The molecule has 0 unspecified atom stereocenters. The molecule has 0 atom stereocenters. The molecule has 0 radical (unpaired) electrons. The molecule has 1 aromatic carbocycles. The molecule has 1 heterocycles. The molecule has 0 amide bonds. The number of anilines is 1. The summed E-state index contributed by atoms with van der Waals surface area (Å²) in [4.78, 5) is 15.7. The van der Waals surface area contributed by atoms with Crippen molar-refractivity contribution < 1.29 is 14.3 Å². The summed E-state index contributed by atoms with van der Waals surface area (Å²) < 4.78 is 10.3. The summed E-state index contributed by atoms with van der Waals surface area (Å²) in [6.07, 6.45) is 1.38. The van der Waals surface area contributed by atoms with E-state index < -0.39 is 5.97 Å². The Morgan fingerprint density at radius 2 is 2.19 bits per heavy atom. The normalized spacial score (nSPS) is 9.71. The van der Waals surface area contributed by atoms with E-state index >= 15 is 0 Å². The quantitative estimate of drug-likeness (QED) is 0.860. The van der Waals surface area contributed by atoms with Gasteiger partial charge < -0.3 is 15.2 Å². The number of nitrogens with zero attached hydrogens (tertiary/aromatic N) is 2. The summed E-state index contributed by atoms with van der Waals surface area (Å²) in [6.45, 7) is -0.0103. The molecule has 0 aliphatic rings. The Morgan fingerprint density at radius 3 is 2.81 bits per heavy atom. The van der Waals surface area contributed by atoms with Gasteiger partial charge in [-0.3, -0.25) is 0 Å². The van der Waals surface area contributed by atoms with Gasteiger partial charge in [-0.05, 0) is 30.3 Å². The number of carbonyl (C=O) groups excluding carboxylic acids is 1. The molecule has 2 N–H and O–H groups in total. The zero-order valence-corrected chi connectivity index (χ0v) is 11.4. The van der Waals surface area contributed by atoms with Crippen molar-refractivity contribution in [2.24, 2.45) is 0 Å². The standard InChI is InChI=1S/C15H13N3O3/c1-20-14-5-2-10(7-16)6-11(14)9-21-15(19)13-4-3-12(17)8-18-13/h2-6,8H,9,17H2,1H3. The molecule has 6 heteroatoms. The van der Waals surface area contributed by atoms with Crippen LogP contribution in [0.15, 0.2) is 36.5 Å². The Hall–Kier alpha value is -3.07. The average molecular weight is 283 g/mol. The lowest BCUT2D eigenvalue weighted by molar-refractivity contribution is 0.0463. The summed E-state index contributed by atoms with van der Waals surface area (Å²) in [5.41, 5.74) is 7.21. The SMILES string of the molecule is COc1ccc(C#N)cc1COC(=O)c1ccc(N)cn1. The lowest BCUT2D eigenvalue weighted by Crippen LogP contribution is -2.08. The highest BCUT2D eigenvalue weighted by Gasteiger charge is 2.11. The molecule has 1 aromatic heterocycles. The maximum Gasteiger partial charge on any atom is 0.357 e. The van der Waals surface area contributed by atoms with Gasteiger partial charge in [-0.1, -0.05) is 0 Å². The summed E-state index contributed by atoms with van der Waals surface area (Å²) in [6, 6.07) is 9.98. The Bertz CT molecular complexity index is 690. The molecular weight excluding hydrogens is 270 g/mol. The van der Waals surface area contributed by atoms with E-state index in [0.29, 0.717) is 22.6 Å². The highest BCUT2D eigenvalue weighted by atomic mass is 16.5. The van der Waals surface area contributed by atoms with E-state index in [2.05, 4.69) is 4.98 Å². The van der Waals surface area contributed by atoms with Crippen molar-refractivity contribution >= 4 is 11.7 Å². The van der Waals surface area contributed by atoms with Crippen LogP contribution in [0.4, 0.5) is 5.69 Å². The number of esters is 1. The second kappa shape index (κ2) is 6.39. The van der Waals surface area contributed by atoms with Crippen LogP contribution in [0.1, 0.15) is 21.6 Å². The van der Waals surface area contributed by atoms with Crippen LogP contribution in [0.5, 0.6) is 5.75 Å². The van der Waals surface area contributed by atoms with Crippen LogP contribution in [0.3, 0.4) is 0 Å². The van der Waals surface area contributed by atoms with Gasteiger partial charge in [0.2, 0.25) is 0 Å². The van der Waals surface area contributed by atoms with Crippen molar-refractivity contribution in [3.05, 3.63) is 53.3 Å². The largest absolute Gasteiger partial charge is 0.496 e. The van der Waals surface area contributed by atoms with Crippen LogP contribution >= 0.6 is 0 Å². The molecule has 106 valence electrons. The third-order valence-corrected chi connectivity index (χ3v) is 2.76. The lowest BCUT2D eigenvalue weighted by atomic mass is 10.1. The van der Waals surface area contributed by atoms with Crippen LogP contribution in [0, 0.1) is 11.3 Å². The summed E-state index contributed by atoms with van der Waals surface area (Å²) in [7, 11) is 1.51. The number of benzene rings is 1. The van der Waals surface area contributed by atoms with Gasteiger partial charge in [0, 0.05) is 5.56 Å². The number of nitrogens with two attached hydrogens (primary N) is 1. The fourth-order valence-electron chi connectivity index (χ4n) is 1.70. The summed E-state index contributed by atoms with van der Waals surface area (Å²) in [5.74, 6) is -0.0218. The number of aromatic nitrogens is 1. The van der Waals surface area contributed by atoms with Crippen molar-refractivity contribution in [3.8, 4) is 11.8 Å². The minimum absolute atomic E-state index is 0.0103. The first-order valence-electron chi connectivity index (χ1n) is 6.09. The minimum atomic E-state index is -0.570. The van der Waals surface area contributed by atoms with Gasteiger partial charge in [0.1, 0.15) is 18.1 Å². The maximum atomic E-state index is 11.9. The zero-order chi connectivity index (χ0) is 15.2. The number of methoxy groups -OCH3 is 1.